The van der Waals surface area contributed by atoms with Gasteiger partial charge in [-0.2, -0.15) is 0 Å². The van der Waals surface area contributed by atoms with Gasteiger partial charge in [0.15, 0.2) is 11.6 Å². The summed E-state index contributed by atoms with van der Waals surface area (Å²) in [7, 11) is 0. The molecule has 0 heterocycles. The largest absolute Gasteiger partial charge is 0.449 e. The van der Waals surface area contributed by atoms with E-state index in [1.165, 1.54) is 17.7 Å². The minimum atomic E-state index is -0.982. The molecule has 0 aliphatic heterocycles. The molecule has 0 fully saturated rings. The van der Waals surface area contributed by atoms with Crippen LogP contribution in [0.25, 0.3) is 0 Å². The molecule has 0 atom stereocenters. The number of nitrogens with two attached hydrogens (primary N) is 1. The number of rotatable bonds is 14. The van der Waals surface area contributed by atoms with Crippen LogP contribution in [0.15, 0.2) is 42.5 Å². The highest BCUT2D eigenvalue weighted by Crippen LogP contribution is 2.12. The van der Waals surface area contributed by atoms with Gasteiger partial charge in [0.1, 0.15) is 0 Å². The molecular weight excluding hydrogens is 470 g/mol. The average Bonchev–Trinajstić information content (AvgIpc) is 2.88. The molecule has 0 aliphatic rings. The molecule has 0 bridgehead atoms. The molecule has 36 heavy (non-hydrogen) atoms. The van der Waals surface area contributed by atoms with Gasteiger partial charge in [-0.1, -0.05) is 31.2 Å². The number of amides is 3. The minimum absolute atomic E-state index is 0.0635. The average molecular weight is 505 g/mol. The smallest absolute Gasteiger partial charge is 0.411 e. The van der Waals surface area contributed by atoms with E-state index < -0.39 is 17.7 Å². The summed E-state index contributed by atoms with van der Waals surface area (Å²) in [5, 5.41) is 5.22. The number of hydrogen-bond acceptors (Lipinski definition) is 5. The number of nitrogens with one attached hydrogen (secondary N) is 2. The topological polar surface area (TPSA) is 114 Å². The SMILES string of the molecule is CCc1ccc(NC(=O)OCCCCN(CCCC(=O)NCc2cccc(F)c2F)C(=O)CN)cc1. The summed E-state index contributed by atoms with van der Waals surface area (Å²) >= 11 is 0. The maximum Gasteiger partial charge on any atom is 0.411 e. The molecular formula is C26H34F2N4O4. The molecule has 2 rings (SSSR count). The molecule has 0 saturated heterocycles. The Morgan fingerprint density at radius 2 is 1.72 bits per heavy atom. The van der Waals surface area contributed by atoms with Crippen molar-refractivity contribution in [2.24, 2.45) is 5.73 Å². The zero-order chi connectivity index (χ0) is 26.3. The molecule has 2 aromatic carbocycles. The lowest BCUT2D eigenvalue weighted by Crippen LogP contribution is -2.38. The normalized spacial score (nSPS) is 10.6. The molecule has 0 aliphatic carbocycles. The maximum atomic E-state index is 13.7. The number of benzene rings is 2. The van der Waals surface area contributed by atoms with Gasteiger partial charge in [-0.15, -0.1) is 0 Å². The summed E-state index contributed by atoms with van der Waals surface area (Å²) in [5.41, 5.74) is 7.38. The molecule has 10 heteroatoms. The molecule has 0 saturated carbocycles. The van der Waals surface area contributed by atoms with Gasteiger partial charge >= 0.3 is 6.09 Å². The highest BCUT2D eigenvalue weighted by molar-refractivity contribution is 5.84. The van der Waals surface area contributed by atoms with Crippen LogP contribution in [0.1, 0.15) is 43.7 Å². The van der Waals surface area contributed by atoms with Crippen molar-refractivity contribution in [1.29, 1.82) is 0 Å². The Morgan fingerprint density at radius 1 is 1.00 bits per heavy atom. The van der Waals surface area contributed by atoms with Crippen molar-refractivity contribution in [1.82, 2.24) is 10.2 Å². The fraction of sp³-hybridized carbons (Fsp3) is 0.423. The van der Waals surface area contributed by atoms with E-state index in [4.69, 9.17) is 10.5 Å². The van der Waals surface area contributed by atoms with Crippen LogP contribution in [0.4, 0.5) is 19.3 Å². The van der Waals surface area contributed by atoms with Crippen molar-refractivity contribution in [3.63, 3.8) is 0 Å². The number of ether oxygens (including phenoxy) is 1. The zero-order valence-corrected chi connectivity index (χ0v) is 20.5. The lowest BCUT2D eigenvalue weighted by molar-refractivity contribution is -0.130. The molecule has 8 nitrogen and oxygen atoms in total. The molecule has 0 aromatic heterocycles. The monoisotopic (exact) mass is 504 g/mol. The summed E-state index contributed by atoms with van der Waals surface area (Å²) in [6, 6.07) is 11.3. The first-order chi connectivity index (χ1) is 17.3. The van der Waals surface area contributed by atoms with Crippen LogP contribution in [0, 0.1) is 11.6 Å². The minimum Gasteiger partial charge on any atom is -0.449 e. The predicted octanol–water partition coefficient (Wildman–Crippen LogP) is 3.74. The second-order valence-electron chi connectivity index (χ2n) is 8.20. The molecule has 3 amide bonds. The first-order valence-electron chi connectivity index (χ1n) is 12.0. The Morgan fingerprint density at radius 3 is 2.42 bits per heavy atom. The third-order valence-corrected chi connectivity index (χ3v) is 5.53. The first-order valence-corrected chi connectivity index (χ1v) is 12.0. The van der Waals surface area contributed by atoms with E-state index in [1.54, 1.807) is 4.90 Å². The number of anilines is 1. The molecule has 0 spiro atoms. The van der Waals surface area contributed by atoms with Crippen LogP contribution in [0.2, 0.25) is 0 Å². The standard InChI is InChI=1S/C26H34F2N4O4/c1-2-19-10-12-21(13-11-19)31-26(35)36-16-4-3-14-32(24(34)17-29)15-6-9-23(33)30-18-20-7-5-8-22(27)25(20)28/h5,7-8,10-13H,2-4,6,9,14-18,29H2,1H3,(H,30,33)(H,31,35). The highest BCUT2D eigenvalue weighted by atomic mass is 19.2. The van der Waals surface area contributed by atoms with E-state index in [-0.39, 0.29) is 43.5 Å². The van der Waals surface area contributed by atoms with Gasteiger partial charge in [-0.25, -0.2) is 13.6 Å². The maximum absolute atomic E-state index is 13.7. The Labute approximate surface area is 210 Å². The predicted molar refractivity (Wildman–Crippen MR) is 133 cm³/mol. The molecule has 0 unspecified atom stereocenters. The lowest BCUT2D eigenvalue weighted by Gasteiger charge is -2.22. The van der Waals surface area contributed by atoms with E-state index in [0.717, 1.165) is 12.5 Å². The van der Waals surface area contributed by atoms with Crippen LogP contribution in [-0.2, 0) is 27.3 Å². The number of carbonyl (C=O) groups is 3. The molecule has 4 N–H and O–H groups in total. The van der Waals surface area contributed by atoms with Crippen molar-refractivity contribution >= 4 is 23.6 Å². The van der Waals surface area contributed by atoms with Gasteiger partial charge in [0.25, 0.3) is 0 Å². The Balaban J connectivity index is 1.64. The number of nitrogens with zero attached hydrogens (tertiary/aromatic N) is 1. The number of aryl methyl sites for hydroxylation is 1. The van der Waals surface area contributed by atoms with Gasteiger partial charge in [-0.3, -0.25) is 14.9 Å². The van der Waals surface area contributed by atoms with Gasteiger partial charge in [0.05, 0.1) is 13.2 Å². The number of unbranched alkanes of at least 4 members (excludes halogenated alkanes) is 1. The molecule has 0 radical (unpaired) electrons. The zero-order valence-electron chi connectivity index (χ0n) is 20.5. The van der Waals surface area contributed by atoms with E-state index in [2.05, 4.69) is 17.6 Å². The first kappa shape index (κ1) is 28.7. The fourth-order valence-electron chi connectivity index (χ4n) is 3.44. The second kappa shape index (κ2) is 15.5. The molecule has 196 valence electrons. The van der Waals surface area contributed by atoms with Crippen molar-refractivity contribution in [2.75, 3.05) is 31.6 Å². The molecule has 2 aromatic rings. The Hall–Kier alpha value is -3.53. The van der Waals surface area contributed by atoms with Crippen LogP contribution < -0.4 is 16.4 Å². The van der Waals surface area contributed by atoms with E-state index in [0.29, 0.717) is 38.0 Å². The lowest BCUT2D eigenvalue weighted by atomic mass is 10.1. The third kappa shape index (κ3) is 9.99. The Bertz CT molecular complexity index is 1000. The number of carbonyl (C=O) groups excluding carboxylic acids is 3. The van der Waals surface area contributed by atoms with Gasteiger partial charge in [-0.05, 0) is 49.4 Å². The fourth-order valence-corrected chi connectivity index (χ4v) is 3.44. The second-order valence-corrected chi connectivity index (χ2v) is 8.20. The van der Waals surface area contributed by atoms with Crippen molar-refractivity contribution in [3.05, 3.63) is 65.2 Å². The summed E-state index contributed by atoms with van der Waals surface area (Å²) in [6.07, 6.45) is 2.02. The van der Waals surface area contributed by atoms with E-state index in [1.807, 2.05) is 24.3 Å². The van der Waals surface area contributed by atoms with E-state index in [9.17, 15) is 23.2 Å². The van der Waals surface area contributed by atoms with Crippen LogP contribution in [0.5, 0.6) is 0 Å². The van der Waals surface area contributed by atoms with Crippen molar-refractivity contribution in [3.8, 4) is 0 Å². The van der Waals surface area contributed by atoms with Gasteiger partial charge < -0.3 is 20.7 Å². The van der Waals surface area contributed by atoms with Crippen molar-refractivity contribution < 1.29 is 27.9 Å². The van der Waals surface area contributed by atoms with Gasteiger partial charge in [0, 0.05) is 37.3 Å². The number of halogens is 2. The summed E-state index contributed by atoms with van der Waals surface area (Å²) in [4.78, 5) is 37.6. The summed E-state index contributed by atoms with van der Waals surface area (Å²) in [5.74, 6) is -2.52. The Kier molecular flexibility index (Phi) is 12.3. The number of hydrogen-bond donors (Lipinski definition) is 3. The third-order valence-electron chi connectivity index (χ3n) is 5.53. The van der Waals surface area contributed by atoms with Crippen LogP contribution >= 0.6 is 0 Å². The quantitative estimate of drug-likeness (QED) is 0.339. The van der Waals surface area contributed by atoms with Crippen LogP contribution in [0.3, 0.4) is 0 Å². The highest BCUT2D eigenvalue weighted by Gasteiger charge is 2.13. The van der Waals surface area contributed by atoms with Crippen molar-refractivity contribution in [2.45, 2.75) is 45.6 Å². The summed E-state index contributed by atoms with van der Waals surface area (Å²) in [6.45, 7) is 2.72. The van der Waals surface area contributed by atoms with E-state index >= 15 is 0 Å². The van der Waals surface area contributed by atoms with Crippen LogP contribution in [-0.4, -0.2) is 49.0 Å². The summed E-state index contributed by atoms with van der Waals surface area (Å²) < 4.78 is 32.1. The van der Waals surface area contributed by atoms with Gasteiger partial charge in [0.2, 0.25) is 11.8 Å².